The highest BCUT2D eigenvalue weighted by Crippen LogP contribution is 2.22. The predicted octanol–water partition coefficient (Wildman–Crippen LogP) is 4.92. The zero-order chi connectivity index (χ0) is 14.2. The van der Waals surface area contributed by atoms with E-state index in [0.29, 0.717) is 6.04 Å². The first kappa shape index (κ1) is 15.4. The number of nitrogens with one attached hydrogen (secondary N) is 1. The summed E-state index contributed by atoms with van der Waals surface area (Å²) in [5.74, 6) is 2.09. The first-order valence-electron chi connectivity index (χ1n) is 6.90. The van der Waals surface area contributed by atoms with Crippen LogP contribution < -0.4 is 5.32 Å². The summed E-state index contributed by atoms with van der Waals surface area (Å²) in [5.41, 5.74) is 2.68. The van der Waals surface area contributed by atoms with Gasteiger partial charge in [0.25, 0.3) is 0 Å². The summed E-state index contributed by atoms with van der Waals surface area (Å²) in [7, 11) is 0. The van der Waals surface area contributed by atoms with Crippen LogP contribution in [0.2, 0.25) is 5.02 Å². The summed E-state index contributed by atoms with van der Waals surface area (Å²) >= 11 is 7.85. The lowest BCUT2D eigenvalue weighted by Crippen LogP contribution is -2.22. The Hall–Kier alpha value is -0.960. The van der Waals surface area contributed by atoms with Crippen molar-refractivity contribution in [2.45, 2.75) is 18.7 Å². The quantitative estimate of drug-likeness (QED) is 0.779. The number of halogens is 1. The third kappa shape index (κ3) is 4.86. The molecular formula is C17H20ClNS. The Bertz CT molecular complexity index is 498. The molecule has 0 radical (unpaired) electrons. The summed E-state index contributed by atoms with van der Waals surface area (Å²) in [6.45, 7) is 3.14. The van der Waals surface area contributed by atoms with Crippen molar-refractivity contribution < 1.29 is 0 Å². The van der Waals surface area contributed by atoms with Gasteiger partial charge in [-0.2, -0.15) is 11.8 Å². The Labute approximate surface area is 130 Å². The molecule has 0 aliphatic heterocycles. The zero-order valence-corrected chi connectivity index (χ0v) is 13.3. The van der Waals surface area contributed by atoms with E-state index in [9.17, 15) is 0 Å². The van der Waals surface area contributed by atoms with Gasteiger partial charge in [0.15, 0.2) is 0 Å². The third-order valence-corrected chi connectivity index (χ3v) is 4.48. The fraction of sp³-hybridized carbons (Fsp3) is 0.294. The molecule has 0 aliphatic carbocycles. The van der Waals surface area contributed by atoms with Gasteiger partial charge >= 0.3 is 0 Å². The van der Waals surface area contributed by atoms with Gasteiger partial charge in [-0.3, -0.25) is 0 Å². The van der Waals surface area contributed by atoms with Gasteiger partial charge in [0.05, 0.1) is 0 Å². The van der Waals surface area contributed by atoms with Gasteiger partial charge in [0.2, 0.25) is 0 Å². The van der Waals surface area contributed by atoms with Crippen molar-refractivity contribution >= 4 is 23.4 Å². The van der Waals surface area contributed by atoms with Crippen LogP contribution in [-0.2, 0) is 5.75 Å². The fourth-order valence-electron chi connectivity index (χ4n) is 2.08. The molecule has 0 heterocycles. The van der Waals surface area contributed by atoms with E-state index in [1.54, 1.807) is 0 Å². The highest BCUT2D eigenvalue weighted by molar-refractivity contribution is 7.98. The maximum atomic E-state index is 5.90. The molecule has 3 heteroatoms. The summed E-state index contributed by atoms with van der Waals surface area (Å²) in [5, 5.41) is 4.35. The Morgan fingerprint density at radius 3 is 2.40 bits per heavy atom. The van der Waals surface area contributed by atoms with Crippen molar-refractivity contribution in [3.05, 3.63) is 70.7 Å². The van der Waals surface area contributed by atoms with Gasteiger partial charge in [-0.05, 0) is 29.8 Å². The average Bonchev–Trinajstić information content (AvgIpc) is 2.49. The molecule has 1 atom stereocenters. The Morgan fingerprint density at radius 1 is 1.05 bits per heavy atom. The lowest BCUT2D eigenvalue weighted by Gasteiger charge is -2.18. The van der Waals surface area contributed by atoms with Crippen LogP contribution in [0.5, 0.6) is 0 Å². The van der Waals surface area contributed by atoms with E-state index in [2.05, 4.69) is 54.7 Å². The van der Waals surface area contributed by atoms with E-state index >= 15 is 0 Å². The largest absolute Gasteiger partial charge is 0.310 e. The van der Waals surface area contributed by atoms with E-state index in [4.69, 9.17) is 11.6 Å². The molecule has 0 aromatic heterocycles. The summed E-state index contributed by atoms with van der Waals surface area (Å²) in [6, 6.07) is 19.2. The molecule has 0 saturated carbocycles. The van der Waals surface area contributed by atoms with Crippen LogP contribution >= 0.6 is 23.4 Å². The molecular weight excluding hydrogens is 286 g/mol. The van der Waals surface area contributed by atoms with E-state index in [1.165, 1.54) is 11.1 Å². The standard InChI is InChI=1S/C17H20ClNS/c1-2-19-17(15-6-4-3-5-7-15)13-20-12-14-8-10-16(18)11-9-14/h3-11,17,19H,2,12-13H2,1H3. The number of hydrogen-bond acceptors (Lipinski definition) is 2. The highest BCUT2D eigenvalue weighted by Gasteiger charge is 2.09. The second kappa shape index (κ2) is 8.35. The van der Waals surface area contributed by atoms with Gasteiger partial charge in [0.1, 0.15) is 0 Å². The first-order chi connectivity index (χ1) is 9.79. The first-order valence-corrected chi connectivity index (χ1v) is 8.43. The molecule has 2 aromatic carbocycles. The minimum absolute atomic E-state index is 0.415. The minimum atomic E-state index is 0.415. The molecule has 2 aromatic rings. The molecule has 2 rings (SSSR count). The minimum Gasteiger partial charge on any atom is -0.310 e. The van der Waals surface area contributed by atoms with Crippen LogP contribution in [0.25, 0.3) is 0 Å². The SMILES string of the molecule is CCNC(CSCc1ccc(Cl)cc1)c1ccccc1. The second-order valence-corrected chi connectivity index (χ2v) is 6.13. The summed E-state index contributed by atoms with van der Waals surface area (Å²) in [6.07, 6.45) is 0. The summed E-state index contributed by atoms with van der Waals surface area (Å²) in [4.78, 5) is 0. The molecule has 1 unspecified atom stereocenters. The highest BCUT2D eigenvalue weighted by atomic mass is 35.5. The average molecular weight is 306 g/mol. The van der Waals surface area contributed by atoms with Crippen LogP contribution in [0.1, 0.15) is 24.1 Å². The predicted molar refractivity (Wildman–Crippen MR) is 90.5 cm³/mol. The van der Waals surface area contributed by atoms with Crippen LogP contribution in [0.3, 0.4) is 0 Å². The molecule has 20 heavy (non-hydrogen) atoms. The molecule has 0 saturated heterocycles. The van der Waals surface area contributed by atoms with Crippen molar-refractivity contribution in [1.29, 1.82) is 0 Å². The molecule has 0 aliphatic rings. The molecule has 0 amide bonds. The zero-order valence-electron chi connectivity index (χ0n) is 11.7. The normalized spacial score (nSPS) is 12.3. The third-order valence-electron chi connectivity index (χ3n) is 3.12. The van der Waals surface area contributed by atoms with Crippen molar-refractivity contribution in [2.75, 3.05) is 12.3 Å². The molecule has 0 bridgehead atoms. The maximum absolute atomic E-state index is 5.90. The van der Waals surface area contributed by atoms with E-state index in [-0.39, 0.29) is 0 Å². The van der Waals surface area contributed by atoms with Crippen molar-refractivity contribution in [3.8, 4) is 0 Å². The fourth-order valence-corrected chi connectivity index (χ4v) is 3.30. The topological polar surface area (TPSA) is 12.0 Å². The number of benzene rings is 2. The Balaban J connectivity index is 1.88. The number of rotatable bonds is 7. The molecule has 1 N–H and O–H groups in total. The Morgan fingerprint density at radius 2 is 1.75 bits per heavy atom. The Kier molecular flexibility index (Phi) is 6.44. The van der Waals surface area contributed by atoms with Gasteiger partial charge < -0.3 is 5.32 Å². The lowest BCUT2D eigenvalue weighted by molar-refractivity contribution is 0.606. The van der Waals surface area contributed by atoms with Gasteiger partial charge in [-0.25, -0.2) is 0 Å². The van der Waals surface area contributed by atoms with E-state index in [0.717, 1.165) is 23.1 Å². The van der Waals surface area contributed by atoms with Crippen LogP contribution in [0.4, 0.5) is 0 Å². The molecule has 0 fully saturated rings. The molecule has 106 valence electrons. The van der Waals surface area contributed by atoms with Crippen molar-refractivity contribution in [2.24, 2.45) is 0 Å². The number of hydrogen-bond donors (Lipinski definition) is 1. The van der Waals surface area contributed by atoms with Crippen molar-refractivity contribution in [1.82, 2.24) is 5.32 Å². The van der Waals surface area contributed by atoms with Crippen LogP contribution in [0.15, 0.2) is 54.6 Å². The maximum Gasteiger partial charge on any atom is 0.0411 e. The van der Waals surface area contributed by atoms with Gasteiger partial charge in [-0.15, -0.1) is 0 Å². The lowest BCUT2D eigenvalue weighted by atomic mass is 10.1. The molecule has 1 nitrogen and oxygen atoms in total. The van der Waals surface area contributed by atoms with E-state index < -0.39 is 0 Å². The monoisotopic (exact) mass is 305 g/mol. The van der Waals surface area contributed by atoms with Crippen molar-refractivity contribution in [3.63, 3.8) is 0 Å². The second-order valence-electron chi connectivity index (χ2n) is 4.66. The molecule has 0 spiro atoms. The number of thioether (sulfide) groups is 1. The van der Waals surface area contributed by atoms with Crippen LogP contribution in [-0.4, -0.2) is 12.3 Å². The summed E-state index contributed by atoms with van der Waals surface area (Å²) < 4.78 is 0. The van der Waals surface area contributed by atoms with E-state index in [1.807, 2.05) is 23.9 Å². The van der Waals surface area contributed by atoms with Gasteiger partial charge in [-0.1, -0.05) is 61.0 Å². The smallest absolute Gasteiger partial charge is 0.0411 e. The van der Waals surface area contributed by atoms with Gasteiger partial charge in [0, 0.05) is 22.6 Å². The van der Waals surface area contributed by atoms with Crippen LogP contribution in [0, 0.1) is 0 Å².